The second-order valence-corrected chi connectivity index (χ2v) is 1.75. The smallest absolute Gasteiger partial charge is 0.165 e. The van der Waals surface area contributed by atoms with Crippen molar-refractivity contribution in [3.8, 4) is 0 Å². The van der Waals surface area contributed by atoms with Crippen molar-refractivity contribution in [2.45, 2.75) is 0 Å². The molecular formula is C7H4NOY-. The predicted octanol–water partition coefficient (Wildman–Crippen LogP) is 1.63. The third-order valence-electron chi connectivity index (χ3n) is 1.18. The summed E-state index contributed by atoms with van der Waals surface area (Å²) < 4.78 is 4.98. The SMILES string of the molecule is [Y].[c-]1ccc2ncoc2c1. The maximum atomic E-state index is 4.98. The molecule has 1 aromatic heterocycles. The number of hydrogen-bond acceptors (Lipinski definition) is 2. The Bertz CT molecular complexity index is 288. The van der Waals surface area contributed by atoms with E-state index in [1.54, 1.807) is 6.07 Å². The fourth-order valence-electron chi connectivity index (χ4n) is 0.748. The van der Waals surface area contributed by atoms with Crippen molar-refractivity contribution in [3.63, 3.8) is 0 Å². The quantitative estimate of drug-likeness (QED) is 0.613. The van der Waals surface area contributed by atoms with Gasteiger partial charge in [0.15, 0.2) is 6.39 Å². The van der Waals surface area contributed by atoms with Crippen LogP contribution in [0.25, 0.3) is 11.1 Å². The molecule has 0 spiro atoms. The first-order valence-corrected chi connectivity index (χ1v) is 2.66. The van der Waals surface area contributed by atoms with E-state index < -0.39 is 0 Å². The Hall–Kier alpha value is -0.206. The maximum Gasteiger partial charge on any atom is 0.165 e. The Morgan fingerprint density at radius 2 is 2.40 bits per heavy atom. The second-order valence-electron chi connectivity index (χ2n) is 1.75. The van der Waals surface area contributed by atoms with E-state index in [-0.39, 0.29) is 32.7 Å². The molecule has 10 heavy (non-hydrogen) atoms. The van der Waals surface area contributed by atoms with E-state index in [0.29, 0.717) is 0 Å². The molecule has 2 aromatic rings. The molecule has 0 aliphatic heterocycles. The Morgan fingerprint density at radius 3 is 3.20 bits per heavy atom. The molecule has 2 nitrogen and oxygen atoms in total. The number of rotatable bonds is 0. The third-order valence-corrected chi connectivity index (χ3v) is 1.18. The molecule has 0 N–H and O–H groups in total. The van der Waals surface area contributed by atoms with Crippen LogP contribution < -0.4 is 0 Å². The van der Waals surface area contributed by atoms with Crippen molar-refractivity contribution < 1.29 is 37.1 Å². The van der Waals surface area contributed by atoms with Crippen molar-refractivity contribution in [1.29, 1.82) is 0 Å². The molecule has 0 fully saturated rings. The molecule has 0 saturated carbocycles. The number of fused-ring (bicyclic) bond motifs is 1. The normalized spacial score (nSPS) is 9.20. The van der Waals surface area contributed by atoms with E-state index in [1.807, 2.05) is 12.1 Å². The third kappa shape index (κ3) is 1.28. The molecule has 0 bridgehead atoms. The fourth-order valence-corrected chi connectivity index (χ4v) is 0.748. The molecule has 0 atom stereocenters. The second kappa shape index (κ2) is 3.26. The minimum Gasteiger partial charge on any atom is -0.506 e. The largest absolute Gasteiger partial charge is 0.506 e. The zero-order valence-electron chi connectivity index (χ0n) is 5.24. The first-order valence-electron chi connectivity index (χ1n) is 2.66. The summed E-state index contributed by atoms with van der Waals surface area (Å²) in [4.78, 5) is 3.93. The summed E-state index contributed by atoms with van der Waals surface area (Å²) in [6.45, 7) is 0. The van der Waals surface area contributed by atoms with Crippen LogP contribution in [-0.2, 0) is 32.7 Å². The van der Waals surface area contributed by atoms with E-state index >= 15 is 0 Å². The van der Waals surface area contributed by atoms with Crippen LogP contribution in [0.15, 0.2) is 29.0 Å². The van der Waals surface area contributed by atoms with Crippen LogP contribution in [0.4, 0.5) is 0 Å². The van der Waals surface area contributed by atoms with Gasteiger partial charge < -0.3 is 4.42 Å². The summed E-state index contributed by atoms with van der Waals surface area (Å²) >= 11 is 0. The molecule has 0 unspecified atom stereocenters. The van der Waals surface area contributed by atoms with Gasteiger partial charge in [0, 0.05) is 38.3 Å². The van der Waals surface area contributed by atoms with E-state index in [0.717, 1.165) is 11.1 Å². The van der Waals surface area contributed by atoms with Crippen molar-refractivity contribution in [2.75, 3.05) is 0 Å². The fraction of sp³-hybridized carbons (Fsp3) is 0. The molecule has 2 rings (SSSR count). The molecule has 47 valence electrons. The van der Waals surface area contributed by atoms with Crippen LogP contribution in [0, 0.1) is 6.07 Å². The number of oxazole rings is 1. The maximum absolute atomic E-state index is 4.98. The van der Waals surface area contributed by atoms with E-state index in [2.05, 4.69) is 11.1 Å². The van der Waals surface area contributed by atoms with E-state index in [1.165, 1.54) is 6.39 Å². The standard InChI is InChI=1S/C7H4NO.Y/c1-2-4-7-6(3-1)8-5-9-7;/h1,3-5H;/q-1;. The van der Waals surface area contributed by atoms with Gasteiger partial charge in [-0.2, -0.15) is 12.1 Å². The molecule has 0 saturated heterocycles. The van der Waals surface area contributed by atoms with Crippen LogP contribution in [0.5, 0.6) is 0 Å². The van der Waals surface area contributed by atoms with Crippen LogP contribution in [0.1, 0.15) is 0 Å². The first kappa shape index (κ1) is 7.90. The Balaban J connectivity index is 0.000000500. The minimum atomic E-state index is 0. The van der Waals surface area contributed by atoms with E-state index in [4.69, 9.17) is 4.42 Å². The summed E-state index contributed by atoms with van der Waals surface area (Å²) in [7, 11) is 0. The van der Waals surface area contributed by atoms with Crippen molar-refractivity contribution in [1.82, 2.24) is 4.98 Å². The number of aromatic nitrogens is 1. The topological polar surface area (TPSA) is 26.0 Å². The van der Waals surface area contributed by atoms with Gasteiger partial charge in [-0.1, -0.05) is 0 Å². The van der Waals surface area contributed by atoms with E-state index in [9.17, 15) is 0 Å². The van der Waals surface area contributed by atoms with Gasteiger partial charge in [-0.25, -0.2) is 4.98 Å². The first-order chi connectivity index (χ1) is 4.47. The molecular weight excluding hydrogens is 203 g/mol. The number of hydrogen-bond donors (Lipinski definition) is 0. The van der Waals surface area contributed by atoms with Crippen LogP contribution in [0.3, 0.4) is 0 Å². The monoisotopic (exact) mass is 207 g/mol. The minimum absolute atomic E-state index is 0. The van der Waals surface area contributed by atoms with Gasteiger partial charge in [-0.15, -0.1) is 12.1 Å². The van der Waals surface area contributed by atoms with Crippen molar-refractivity contribution in [2.24, 2.45) is 0 Å². The predicted molar refractivity (Wildman–Crippen MR) is 32.8 cm³/mol. The summed E-state index contributed by atoms with van der Waals surface area (Å²) in [5.74, 6) is 0. The van der Waals surface area contributed by atoms with Gasteiger partial charge in [0.25, 0.3) is 0 Å². The van der Waals surface area contributed by atoms with Gasteiger partial charge in [0.1, 0.15) is 0 Å². The molecule has 0 amide bonds. The average molecular weight is 207 g/mol. The molecule has 1 aromatic carbocycles. The molecule has 0 aliphatic rings. The number of nitrogens with zero attached hydrogens (tertiary/aromatic N) is 1. The van der Waals surface area contributed by atoms with Gasteiger partial charge in [0.2, 0.25) is 0 Å². The Morgan fingerprint density at radius 1 is 1.50 bits per heavy atom. The summed E-state index contributed by atoms with van der Waals surface area (Å²) in [5.41, 5.74) is 1.67. The Labute approximate surface area is 83.5 Å². The average Bonchev–Trinajstić information content (AvgIpc) is 2.33. The van der Waals surface area contributed by atoms with Crippen molar-refractivity contribution in [3.05, 3.63) is 30.7 Å². The van der Waals surface area contributed by atoms with Gasteiger partial charge in [-0.05, 0) is 5.52 Å². The molecule has 1 heterocycles. The van der Waals surface area contributed by atoms with Crippen LogP contribution in [0.2, 0.25) is 0 Å². The van der Waals surface area contributed by atoms with Gasteiger partial charge in [-0.3, -0.25) is 0 Å². The molecule has 3 heteroatoms. The molecule has 1 radical (unpaired) electrons. The van der Waals surface area contributed by atoms with Crippen molar-refractivity contribution >= 4 is 11.1 Å². The molecule has 0 aliphatic carbocycles. The zero-order chi connectivity index (χ0) is 6.10. The zero-order valence-corrected chi connectivity index (χ0v) is 8.08. The van der Waals surface area contributed by atoms with Crippen LogP contribution >= 0.6 is 0 Å². The Kier molecular flexibility index (Phi) is 2.58. The summed E-state index contributed by atoms with van der Waals surface area (Å²) in [6, 6.07) is 8.32. The van der Waals surface area contributed by atoms with Gasteiger partial charge >= 0.3 is 0 Å². The van der Waals surface area contributed by atoms with Gasteiger partial charge in [0.05, 0.1) is 0 Å². The van der Waals surface area contributed by atoms with Crippen LogP contribution in [-0.4, -0.2) is 4.98 Å². The summed E-state index contributed by atoms with van der Waals surface area (Å²) in [6.07, 6.45) is 1.43. The number of benzene rings is 1. The summed E-state index contributed by atoms with van der Waals surface area (Å²) in [5, 5.41) is 0.